The van der Waals surface area contributed by atoms with Gasteiger partial charge < -0.3 is 10.1 Å². The summed E-state index contributed by atoms with van der Waals surface area (Å²) in [6.45, 7) is 1.61. The molecule has 0 saturated heterocycles. The van der Waals surface area contributed by atoms with Crippen LogP contribution in [-0.4, -0.2) is 29.8 Å². The Morgan fingerprint density at radius 2 is 2.11 bits per heavy atom. The average molecular weight is 280 g/mol. The number of aromatic nitrogens is 1. The first kappa shape index (κ1) is 13.1. The maximum Gasteiger partial charge on any atom is 0.411 e. The van der Waals surface area contributed by atoms with E-state index in [0.29, 0.717) is 4.88 Å². The van der Waals surface area contributed by atoms with Crippen molar-refractivity contribution in [3.05, 3.63) is 10.6 Å². The first-order valence-corrected chi connectivity index (χ1v) is 6.01. The van der Waals surface area contributed by atoms with Gasteiger partial charge in [-0.25, -0.2) is 9.78 Å². The lowest BCUT2D eigenvalue weighted by molar-refractivity contribution is -0.151. The molecule has 2 rings (SSSR count). The number of esters is 1. The molecule has 100 valence electrons. The number of ether oxygens (including phenoxy) is 1. The molecular formula is C10H11F3N2O2S. The van der Waals surface area contributed by atoms with Gasteiger partial charge in [-0.15, -0.1) is 11.3 Å². The molecule has 1 fully saturated rings. The molecule has 1 aromatic rings. The Labute approximate surface area is 105 Å². The van der Waals surface area contributed by atoms with Gasteiger partial charge in [0.1, 0.15) is 5.54 Å². The number of aryl methyl sites for hydroxylation is 1. The van der Waals surface area contributed by atoms with Crippen LogP contribution in [0.4, 0.5) is 18.3 Å². The molecule has 1 aromatic heterocycles. The zero-order chi connectivity index (χ0) is 13.6. The van der Waals surface area contributed by atoms with Gasteiger partial charge in [0.25, 0.3) is 0 Å². The molecule has 0 unspecified atom stereocenters. The highest BCUT2D eigenvalue weighted by molar-refractivity contribution is 7.15. The molecule has 1 N–H and O–H groups in total. The molecule has 0 aliphatic heterocycles. The predicted octanol–water partition coefficient (Wildman–Crippen LogP) is 2.74. The van der Waals surface area contributed by atoms with Gasteiger partial charge in [0, 0.05) is 4.88 Å². The molecule has 1 aliphatic rings. The summed E-state index contributed by atoms with van der Waals surface area (Å²) in [6.07, 6.45) is -4.25. The maximum atomic E-state index is 12.7. The molecule has 4 nitrogen and oxygen atoms in total. The Balaban J connectivity index is 2.19. The van der Waals surface area contributed by atoms with Crippen molar-refractivity contribution in [1.29, 1.82) is 0 Å². The zero-order valence-corrected chi connectivity index (χ0v) is 10.5. The van der Waals surface area contributed by atoms with Crippen molar-refractivity contribution in [2.24, 2.45) is 0 Å². The number of alkyl halides is 3. The van der Waals surface area contributed by atoms with Crippen LogP contribution in [0.5, 0.6) is 0 Å². The molecule has 0 atom stereocenters. The van der Waals surface area contributed by atoms with Crippen LogP contribution in [0.1, 0.15) is 28.2 Å². The molecule has 0 spiro atoms. The second kappa shape index (κ2) is 4.11. The maximum absolute atomic E-state index is 12.7. The minimum Gasteiger partial charge on any atom is -0.464 e. The lowest BCUT2D eigenvalue weighted by atomic mass is 10.3. The zero-order valence-electron chi connectivity index (χ0n) is 9.72. The minimum atomic E-state index is -4.31. The Kier molecular flexibility index (Phi) is 3.00. The van der Waals surface area contributed by atoms with E-state index >= 15 is 0 Å². The first-order valence-electron chi connectivity index (χ1n) is 5.20. The largest absolute Gasteiger partial charge is 0.464 e. The van der Waals surface area contributed by atoms with Crippen molar-refractivity contribution in [3.63, 3.8) is 0 Å². The molecule has 8 heteroatoms. The number of anilines is 1. The number of hydrogen-bond acceptors (Lipinski definition) is 5. The average Bonchev–Trinajstić information content (AvgIpc) is 2.96. The molecule has 18 heavy (non-hydrogen) atoms. The highest BCUT2D eigenvalue weighted by atomic mass is 32.1. The lowest BCUT2D eigenvalue weighted by Gasteiger charge is -2.19. The van der Waals surface area contributed by atoms with Crippen molar-refractivity contribution >= 4 is 22.4 Å². The fraction of sp³-hybridized carbons (Fsp3) is 0.600. The van der Waals surface area contributed by atoms with Crippen molar-refractivity contribution in [2.45, 2.75) is 31.5 Å². The number of thiazole rings is 1. The summed E-state index contributed by atoms with van der Waals surface area (Å²) < 4.78 is 42.7. The quantitative estimate of drug-likeness (QED) is 0.865. The van der Waals surface area contributed by atoms with Gasteiger partial charge in [0.2, 0.25) is 0 Å². The van der Waals surface area contributed by atoms with E-state index in [0.717, 1.165) is 11.3 Å². The standard InChI is InChI=1S/C10H11F3N2O2S/c1-5-6(7(16)17-2)14-8(18-5)15-9(3-4-9)10(11,12)13/h3-4H2,1-2H3,(H,14,15). The van der Waals surface area contributed by atoms with Crippen LogP contribution in [0.2, 0.25) is 0 Å². The fourth-order valence-electron chi connectivity index (χ4n) is 1.54. The number of rotatable bonds is 3. The molecule has 0 radical (unpaired) electrons. The normalized spacial score (nSPS) is 17.4. The van der Waals surface area contributed by atoms with Crippen molar-refractivity contribution in [2.75, 3.05) is 12.4 Å². The molecular weight excluding hydrogens is 269 g/mol. The second-order valence-corrected chi connectivity index (χ2v) is 5.32. The van der Waals surface area contributed by atoms with Crippen molar-refractivity contribution < 1.29 is 22.7 Å². The second-order valence-electron chi connectivity index (χ2n) is 4.12. The molecule has 0 aromatic carbocycles. The monoisotopic (exact) mass is 280 g/mol. The lowest BCUT2D eigenvalue weighted by Crippen LogP contribution is -2.38. The third kappa shape index (κ3) is 2.16. The van der Waals surface area contributed by atoms with Gasteiger partial charge in [-0.05, 0) is 19.8 Å². The molecule has 0 bridgehead atoms. The predicted molar refractivity (Wildman–Crippen MR) is 59.8 cm³/mol. The fourth-order valence-corrected chi connectivity index (χ4v) is 2.44. The van der Waals surface area contributed by atoms with Crippen LogP contribution in [0.25, 0.3) is 0 Å². The Bertz CT molecular complexity index is 480. The summed E-state index contributed by atoms with van der Waals surface area (Å²) in [7, 11) is 1.20. The topological polar surface area (TPSA) is 51.2 Å². The number of halogens is 3. The van der Waals surface area contributed by atoms with E-state index < -0.39 is 17.7 Å². The SMILES string of the molecule is COC(=O)c1nc(NC2(C(F)(F)F)CC2)sc1C. The Morgan fingerprint density at radius 1 is 1.50 bits per heavy atom. The van der Waals surface area contributed by atoms with Crippen LogP contribution in [0, 0.1) is 6.92 Å². The van der Waals surface area contributed by atoms with E-state index in [1.807, 2.05) is 0 Å². The summed E-state index contributed by atoms with van der Waals surface area (Å²) in [5.74, 6) is -0.645. The number of nitrogens with zero attached hydrogens (tertiary/aromatic N) is 1. The summed E-state index contributed by atoms with van der Waals surface area (Å²) in [4.78, 5) is 15.7. The third-order valence-corrected chi connectivity index (χ3v) is 3.70. The van der Waals surface area contributed by atoms with E-state index in [2.05, 4.69) is 15.0 Å². The van der Waals surface area contributed by atoms with Gasteiger partial charge in [-0.2, -0.15) is 13.2 Å². The van der Waals surface area contributed by atoms with Crippen LogP contribution < -0.4 is 5.32 Å². The van der Waals surface area contributed by atoms with Crippen LogP contribution >= 0.6 is 11.3 Å². The van der Waals surface area contributed by atoms with E-state index in [1.165, 1.54) is 7.11 Å². The van der Waals surface area contributed by atoms with E-state index in [4.69, 9.17) is 0 Å². The van der Waals surface area contributed by atoms with Gasteiger partial charge >= 0.3 is 12.1 Å². The number of nitrogens with one attached hydrogen (secondary N) is 1. The highest BCUT2D eigenvalue weighted by Crippen LogP contribution is 2.51. The molecule has 0 amide bonds. The van der Waals surface area contributed by atoms with Gasteiger partial charge in [0.15, 0.2) is 10.8 Å². The van der Waals surface area contributed by atoms with E-state index in [9.17, 15) is 18.0 Å². The number of hydrogen-bond donors (Lipinski definition) is 1. The number of carbonyl (C=O) groups is 1. The molecule has 1 heterocycles. The molecule has 1 saturated carbocycles. The number of carbonyl (C=O) groups excluding carboxylic acids is 1. The minimum absolute atomic E-state index is 0.0304. The van der Waals surface area contributed by atoms with Crippen LogP contribution in [0.15, 0.2) is 0 Å². The highest BCUT2D eigenvalue weighted by Gasteiger charge is 2.64. The molecule has 1 aliphatic carbocycles. The Hall–Kier alpha value is -1.31. The Morgan fingerprint density at radius 3 is 2.56 bits per heavy atom. The summed E-state index contributed by atoms with van der Waals surface area (Å²) in [5, 5.41) is 2.48. The van der Waals surface area contributed by atoms with Crippen molar-refractivity contribution in [1.82, 2.24) is 4.98 Å². The van der Waals surface area contributed by atoms with Gasteiger partial charge in [-0.3, -0.25) is 0 Å². The first-order chi connectivity index (χ1) is 8.29. The van der Waals surface area contributed by atoms with Crippen LogP contribution in [-0.2, 0) is 4.74 Å². The summed E-state index contributed by atoms with van der Waals surface area (Å²) >= 11 is 1.02. The van der Waals surface area contributed by atoms with Crippen molar-refractivity contribution in [3.8, 4) is 0 Å². The van der Waals surface area contributed by atoms with E-state index in [1.54, 1.807) is 6.92 Å². The van der Waals surface area contributed by atoms with E-state index in [-0.39, 0.29) is 23.7 Å². The smallest absolute Gasteiger partial charge is 0.411 e. The van der Waals surface area contributed by atoms with Crippen LogP contribution in [0.3, 0.4) is 0 Å². The van der Waals surface area contributed by atoms with Gasteiger partial charge in [0.05, 0.1) is 7.11 Å². The third-order valence-electron chi connectivity index (χ3n) is 2.81. The summed E-state index contributed by atoms with van der Waals surface area (Å²) in [6, 6.07) is 0. The van der Waals surface area contributed by atoms with Gasteiger partial charge in [-0.1, -0.05) is 0 Å². The summed E-state index contributed by atoms with van der Waals surface area (Å²) in [5.41, 5.74) is -1.81. The number of methoxy groups -OCH3 is 1.